The number of thioether (sulfide) groups is 1. The molecule has 1 spiro atoms. The van der Waals surface area contributed by atoms with Crippen LogP contribution in [0.1, 0.15) is 32.6 Å². The first-order chi connectivity index (χ1) is 17.8. The van der Waals surface area contributed by atoms with Crippen molar-refractivity contribution in [3.63, 3.8) is 0 Å². The number of hydrogen-bond acceptors (Lipinski definition) is 8. The maximum Gasteiger partial charge on any atom is 0.311 e. The van der Waals surface area contributed by atoms with Crippen molar-refractivity contribution in [3.8, 4) is 0 Å². The van der Waals surface area contributed by atoms with E-state index in [4.69, 9.17) is 9.47 Å². The maximum absolute atomic E-state index is 14.2. The predicted octanol–water partition coefficient (Wildman–Crippen LogP) is 1.32. The van der Waals surface area contributed by atoms with Crippen LogP contribution < -0.4 is 0 Å². The number of morpholine rings is 1. The molecule has 5 atom stereocenters. The van der Waals surface area contributed by atoms with Crippen LogP contribution in [0.25, 0.3) is 0 Å². The summed E-state index contributed by atoms with van der Waals surface area (Å²) in [6, 6.07) is -0.729. The van der Waals surface area contributed by atoms with Crippen LogP contribution in [0.2, 0.25) is 0 Å². The molecular weight excluding hydrogens is 494 g/mol. The molecule has 0 aromatic heterocycles. The molecule has 0 radical (unpaired) electrons. The summed E-state index contributed by atoms with van der Waals surface area (Å²) in [5.74, 6) is -1.94. The summed E-state index contributed by atoms with van der Waals surface area (Å²) < 4.78 is 9.91. The third-order valence-corrected chi connectivity index (χ3v) is 10.3. The molecule has 9 nitrogen and oxygen atoms in total. The lowest BCUT2D eigenvalue weighted by molar-refractivity contribution is -0.155. The molecule has 0 aromatic rings. The Labute approximate surface area is 224 Å². The van der Waals surface area contributed by atoms with Crippen LogP contribution >= 0.6 is 11.8 Å². The number of fused-ring (bicyclic) bond motifs is 1. The fraction of sp³-hybridized carbons (Fsp3) is 0.741. The minimum atomic E-state index is -0.729. The molecule has 4 heterocycles. The first-order valence-corrected chi connectivity index (χ1v) is 14.2. The summed E-state index contributed by atoms with van der Waals surface area (Å²) in [5.41, 5.74) is 0. The van der Waals surface area contributed by atoms with Gasteiger partial charge in [-0.3, -0.25) is 19.3 Å². The van der Waals surface area contributed by atoms with Crippen molar-refractivity contribution >= 4 is 29.5 Å². The van der Waals surface area contributed by atoms with Gasteiger partial charge in [-0.05, 0) is 32.6 Å². The number of carbonyl (C=O) groups is 3. The summed E-state index contributed by atoms with van der Waals surface area (Å²) >= 11 is 1.62. The molecular formula is C27H41N3O6S. The summed E-state index contributed by atoms with van der Waals surface area (Å²) in [6.45, 7) is 14.3. The van der Waals surface area contributed by atoms with Crippen LogP contribution in [-0.2, 0) is 23.9 Å². The van der Waals surface area contributed by atoms with E-state index in [1.54, 1.807) is 28.8 Å². The number of allylic oxidation sites excluding steroid dienone is 1. The monoisotopic (exact) mass is 535 g/mol. The Morgan fingerprint density at radius 1 is 1.24 bits per heavy atom. The normalized spacial score (nSPS) is 32.9. The number of likely N-dealkylation sites (tertiary alicyclic amines) is 1. The van der Waals surface area contributed by atoms with Crippen LogP contribution in [0.3, 0.4) is 0 Å². The highest BCUT2D eigenvalue weighted by Gasteiger charge is 2.77. The van der Waals surface area contributed by atoms with Crippen molar-refractivity contribution in [1.29, 1.82) is 0 Å². The number of nitrogens with zero attached hydrogens (tertiary/aromatic N) is 3. The summed E-state index contributed by atoms with van der Waals surface area (Å²) in [5, 5.41) is 9.82. The number of rotatable bonds is 13. The molecule has 4 aliphatic rings. The molecule has 0 aromatic carbocycles. The highest BCUT2D eigenvalue weighted by Crippen LogP contribution is 2.71. The van der Waals surface area contributed by atoms with Gasteiger partial charge in [0.25, 0.3) is 0 Å². The molecule has 10 heteroatoms. The van der Waals surface area contributed by atoms with E-state index in [1.807, 2.05) is 6.92 Å². The summed E-state index contributed by atoms with van der Waals surface area (Å²) in [6.07, 6.45) is 6.35. The molecule has 1 N–H and O–H groups in total. The smallest absolute Gasteiger partial charge is 0.311 e. The van der Waals surface area contributed by atoms with E-state index in [2.05, 4.69) is 18.1 Å². The van der Waals surface area contributed by atoms with Crippen LogP contribution in [0.4, 0.5) is 0 Å². The zero-order valence-corrected chi connectivity index (χ0v) is 22.8. The molecule has 0 saturated carbocycles. The van der Waals surface area contributed by atoms with E-state index >= 15 is 0 Å². The zero-order chi connectivity index (χ0) is 26.6. The number of aliphatic hydroxyl groups is 1. The van der Waals surface area contributed by atoms with E-state index in [0.29, 0.717) is 45.7 Å². The standard InChI is InChI=1S/C27H41N3O6S/c1-4-6-7-17-36-25(34)21-20-23(32)30(13-16-31)22(27(20)9-8-26(21,3)37-27)24(33)29(10-5-2)12-11-28-14-18-35-19-15-28/h4-5,20-22,31H,1-2,6-19H2,3H3/t20-,21-,22?,26+,27?/m0/s1. The third kappa shape index (κ3) is 5.22. The number of β-amino-alcohol motifs (C(OH)–C–C–N with tert-alkyl or cyclic N) is 1. The number of carbonyl (C=O) groups excluding carboxylic acids is 3. The number of unbranched alkanes of at least 4 members (excludes halogenated alkanes) is 1. The molecule has 4 fully saturated rings. The molecule has 37 heavy (non-hydrogen) atoms. The Kier molecular flexibility index (Phi) is 9.04. The van der Waals surface area contributed by atoms with Gasteiger partial charge in [0.15, 0.2) is 0 Å². The van der Waals surface area contributed by atoms with Gasteiger partial charge < -0.3 is 24.4 Å². The highest BCUT2D eigenvalue weighted by molar-refractivity contribution is 8.02. The van der Waals surface area contributed by atoms with Gasteiger partial charge in [0.05, 0.1) is 43.0 Å². The molecule has 4 aliphatic heterocycles. The molecule has 4 saturated heterocycles. The van der Waals surface area contributed by atoms with Crippen molar-refractivity contribution in [2.45, 2.75) is 48.1 Å². The van der Waals surface area contributed by atoms with Crippen molar-refractivity contribution in [2.24, 2.45) is 11.8 Å². The molecule has 2 bridgehead atoms. The largest absolute Gasteiger partial charge is 0.465 e. The Hall–Kier alpha value is -1.88. The first kappa shape index (κ1) is 28.1. The molecule has 0 aliphatic carbocycles. The third-order valence-electron chi connectivity index (χ3n) is 8.35. The fourth-order valence-electron chi connectivity index (χ4n) is 6.61. The van der Waals surface area contributed by atoms with Gasteiger partial charge in [0.1, 0.15) is 6.04 Å². The predicted molar refractivity (Wildman–Crippen MR) is 142 cm³/mol. The lowest BCUT2D eigenvalue weighted by atomic mass is 9.66. The minimum Gasteiger partial charge on any atom is -0.465 e. The van der Waals surface area contributed by atoms with Crippen molar-refractivity contribution in [2.75, 3.05) is 65.7 Å². The Bertz CT molecular complexity index is 895. The van der Waals surface area contributed by atoms with E-state index < -0.39 is 27.4 Å². The highest BCUT2D eigenvalue weighted by atomic mass is 32.2. The van der Waals surface area contributed by atoms with Crippen LogP contribution in [0.15, 0.2) is 25.3 Å². The Balaban J connectivity index is 1.58. The topological polar surface area (TPSA) is 99.6 Å². The van der Waals surface area contributed by atoms with Crippen molar-refractivity contribution < 1.29 is 29.0 Å². The number of ether oxygens (including phenoxy) is 2. The average molecular weight is 536 g/mol. The fourth-order valence-corrected chi connectivity index (χ4v) is 8.95. The van der Waals surface area contributed by atoms with Crippen molar-refractivity contribution in [1.82, 2.24) is 14.7 Å². The second kappa shape index (κ2) is 11.9. The quantitative estimate of drug-likeness (QED) is 0.214. The minimum absolute atomic E-state index is 0.0667. The van der Waals surface area contributed by atoms with Gasteiger partial charge in [-0.25, -0.2) is 0 Å². The SMILES string of the molecule is C=CCCCOC(=O)[C@@H]1[C@H]2C(=O)N(CCO)C(C(=O)N(CC=C)CCN3CCOCC3)C23CC[C@@]1(C)S3. The van der Waals surface area contributed by atoms with E-state index in [9.17, 15) is 19.5 Å². The Morgan fingerprint density at radius 2 is 2.00 bits per heavy atom. The second-order valence-electron chi connectivity index (χ2n) is 10.6. The number of hydrogen-bond donors (Lipinski definition) is 1. The number of esters is 1. The average Bonchev–Trinajstić information content (AvgIpc) is 3.46. The van der Waals surface area contributed by atoms with E-state index in [0.717, 1.165) is 25.9 Å². The second-order valence-corrected chi connectivity index (χ2v) is 12.5. The molecule has 2 unspecified atom stereocenters. The van der Waals surface area contributed by atoms with Gasteiger partial charge in [0, 0.05) is 44.0 Å². The van der Waals surface area contributed by atoms with E-state index in [-0.39, 0.29) is 37.5 Å². The number of amides is 2. The maximum atomic E-state index is 14.2. The van der Waals surface area contributed by atoms with Gasteiger partial charge in [-0.1, -0.05) is 12.2 Å². The van der Waals surface area contributed by atoms with Crippen LogP contribution in [0, 0.1) is 11.8 Å². The summed E-state index contributed by atoms with van der Waals surface area (Å²) in [7, 11) is 0. The number of aliphatic hydroxyl groups excluding tert-OH is 1. The van der Waals surface area contributed by atoms with Gasteiger partial charge in [-0.15, -0.1) is 24.9 Å². The van der Waals surface area contributed by atoms with Gasteiger partial charge in [0.2, 0.25) is 11.8 Å². The zero-order valence-electron chi connectivity index (χ0n) is 21.9. The van der Waals surface area contributed by atoms with Gasteiger partial charge in [-0.2, -0.15) is 0 Å². The lowest BCUT2D eigenvalue weighted by Crippen LogP contribution is -2.56. The molecule has 206 valence electrons. The lowest BCUT2D eigenvalue weighted by Gasteiger charge is -2.38. The summed E-state index contributed by atoms with van der Waals surface area (Å²) in [4.78, 5) is 47.0. The van der Waals surface area contributed by atoms with Crippen LogP contribution in [0.5, 0.6) is 0 Å². The first-order valence-electron chi connectivity index (χ1n) is 13.4. The Morgan fingerprint density at radius 3 is 2.68 bits per heavy atom. The molecule has 4 rings (SSSR count). The van der Waals surface area contributed by atoms with Crippen LogP contribution in [-0.4, -0.2) is 119 Å². The van der Waals surface area contributed by atoms with Gasteiger partial charge >= 0.3 is 5.97 Å². The van der Waals surface area contributed by atoms with Crippen molar-refractivity contribution in [3.05, 3.63) is 25.3 Å². The van der Waals surface area contributed by atoms with E-state index in [1.165, 1.54) is 4.90 Å². The molecule has 2 amide bonds.